The van der Waals surface area contributed by atoms with E-state index >= 15 is 0 Å². The maximum Gasteiger partial charge on any atom is 0.228 e. The molecule has 1 aromatic heterocycles. The van der Waals surface area contributed by atoms with Crippen LogP contribution in [0.25, 0.3) is 0 Å². The molecule has 1 aliphatic carbocycles. The second kappa shape index (κ2) is 5.76. The van der Waals surface area contributed by atoms with Crippen LogP contribution in [0.4, 0.5) is 16.3 Å². The van der Waals surface area contributed by atoms with Gasteiger partial charge in [-0.1, -0.05) is 25.1 Å². The van der Waals surface area contributed by atoms with Gasteiger partial charge < -0.3 is 11.1 Å². The van der Waals surface area contributed by atoms with Crippen molar-refractivity contribution in [3.63, 3.8) is 0 Å². The lowest BCUT2D eigenvalue weighted by atomic mass is 10.0. The zero-order valence-electron chi connectivity index (χ0n) is 13.7. The highest BCUT2D eigenvalue weighted by Gasteiger charge is 2.27. The third kappa shape index (κ3) is 3.25. The molecule has 2 aromatic rings. The van der Waals surface area contributed by atoms with Gasteiger partial charge in [-0.05, 0) is 49.8 Å². The number of fused-ring (bicyclic) bond motifs is 1. The maximum atomic E-state index is 14.1. The van der Waals surface area contributed by atoms with Crippen molar-refractivity contribution in [1.82, 2.24) is 15.0 Å². The third-order valence-electron chi connectivity index (χ3n) is 4.18. The SMILES string of the molecule is CCc1ccc2c(c1)C(Nc1nc(N)nc(C(C)(C)F)n1)CC2. The molecule has 1 atom stereocenters. The molecule has 122 valence electrons. The Morgan fingerprint density at radius 2 is 2.09 bits per heavy atom. The Bertz CT molecular complexity index is 723. The van der Waals surface area contributed by atoms with Gasteiger partial charge in [-0.3, -0.25) is 0 Å². The maximum absolute atomic E-state index is 14.1. The normalized spacial score (nSPS) is 17.1. The number of halogens is 1. The van der Waals surface area contributed by atoms with Crippen molar-refractivity contribution < 1.29 is 4.39 Å². The van der Waals surface area contributed by atoms with Gasteiger partial charge in [0, 0.05) is 0 Å². The number of benzene rings is 1. The van der Waals surface area contributed by atoms with Crippen molar-refractivity contribution in [1.29, 1.82) is 0 Å². The van der Waals surface area contributed by atoms with E-state index in [1.807, 2.05) is 0 Å². The molecule has 0 bridgehead atoms. The smallest absolute Gasteiger partial charge is 0.228 e. The van der Waals surface area contributed by atoms with Gasteiger partial charge in [-0.15, -0.1) is 0 Å². The molecule has 0 radical (unpaired) electrons. The molecular weight excluding hydrogens is 293 g/mol. The van der Waals surface area contributed by atoms with Crippen LogP contribution in [0.2, 0.25) is 0 Å². The highest BCUT2D eigenvalue weighted by Crippen LogP contribution is 2.34. The number of hydrogen-bond acceptors (Lipinski definition) is 5. The van der Waals surface area contributed by atoms with Crippen molar-refractivity contribution in [2.75, 3.05) is 11.1 Å². The van der Waals surface area contributed by atoms with E-state index in [-0.39, 0.29) is 17.8 Å². The second-order valence-corrected chi connectivity index (χ2v) is 6.44. The minimum Gasteiger partial charge on any atom is -0.368 e. The second-order valence-electron chi connectivity index (χ2n) is 6.44. The van der Waals surface area contributed by atoms with Crippen LogP contribution in [0.1, 0.15) is 55.7 Å². The van der Waals surface area contributed by atoms with Crippen molar-refractivity contribution in [2.45, 2.75) is 51.7 Å². The summed E-state index contributed by atoms with van der Waals surface area (Å²) in [6.07, 6.45) is 2.97. The van der Waals surface area contributed by atoms with Crippen LogP contribution in [0, 0.1) is 0 Å². The number of rotatable bonds is 4. The average Bonchev–Trinajstić information content (AvgIpc) is 2.88. The number of nitrogen functional groups attached to an aromatic ring is 1. The molecule has 23 heavy (non-hydrogen) atoms. The summed E-state index contributed by atoms with van der Waals surface area (Å²) in [6, 6.07) is 6.71. The predicted octanol–water partition coefficient (Wildman–Crippen LogP) is 3.32. The lowest BCUT2D eigenvalue weighted by Crippen LogP contribution is -2.19. The van der Waals surface area contributed by atoms with Crippen LogP contribution in [0.5, 0.6) is 0 Å². The highest BCUT2D eigenvalue weighted by atomic mass is 19.1. The van der Waals surface area contributed by atoms with Gasteiger partial charge >= 0.3 is 0 Å². The largest absolute Gasteiger partial charge is 0.368 e. The molecule has 0 spiro atoms. The molecule has 0 fully saturated rings. The zero-order chi connectivity index (χ0) is 16.6. The fourth-order valence-corrected chi connectivity index (χ4v) is 2.90. The first-order valence-corrected chi connectivity index (χ1v) is 7.96. The van der Waals surface area contributed by atoms with Gasteiger partial charge in [0.05, 0.1) is 6.04 Å². The van der Waals surface area contributed by atoms with Gasteiger partial charge in [0.15, 0.2) is 11.5 Å². The quantitative estimate of drug-likeness (QED) is 0.905. The van der Waals surface area contributed by atoms with Crippen molar-refractivity contribution in [2.24, 2.45) is 0 Å². The molecule has 3 N–H and O–H groups in total. The van der Waals surface area contributed by atoms with Crippen LogP contribution >= 0.6 is 0 Å². The number of hydrogen-bond donors (Lipinski definition) is 2. The summed E-state index contributed by atoms with van der Waals surface area (Å²) < 4.78 is 14.1. The first-order valence-electron chi connectivity index (χ1n) is 7.96. The lowest BCUT2D eigenvalue weighted by Gasteiger charge is -2.17. The predicted molar refractivity (Wildman–Crippen MR) is 88.9 cm³/mol. The molecule has 6 heteroatoms. The molecular formula is C17H22FN5. The van der Waals surface area contributed by atoms with Crippen molar-refractivity contribution in [3.8, 4) is 0 Å². The minimum absolute atomic E-state index is 0.0313. The third-order valence-corrected chi connectivity index (χ3v) is 4.18. The first-order chi connectivity index (χ1) is 10.9. The summed E-state index contributed by atoms with van der Waals surface area (Å²) in [5.41, 5.74) is 7.96. The number of alkyl halides is 1. The first kappa shape index (κ1) is 15.6. The summed E-state index contributed by atoms with van der Waals surface area (Å²) in [5.74, 6) is 0.412. The van der Waals surface area contributed by atoms with Crippen LogP contribution < -0.4 is 11.1 Å². The van der Waals surface area contributed by atoms with Gasteiger partial charge in [0.1, 0.15) is 0 Å². The van der Waals surface area contributed by atoms with Gasteiger partial charge in [-0.2, -0.15) is 15.0 Å². The Kier molecular flexibility index (Phi) is 3.92. The topological polar surface area (TPSA) is 76.7 Å². The van der Waals surface area contributed by atoms with Crippen molar-refractivity contribution in [3.05, 3.63) is 40.7 Å². The Morgan fingerprint density at radius 3 is 2.78 bits per heavy atom. The minimum atomic E-state index is -1.66. The number of aromatic nitrogens is 3. The summed E-state index contributed by atoms with van der Waals surface area (Å²) in [5, 5.41) is 3.29. The molecule has 1 aliphatic rings. The van der Waals surface area contributed by atoms with E-state index in [4.69, 9.17) is 5.73 Å². The van der Waals surface area contributed by atoms with Crippen LogP contribution in [-0.2, 0) is 18.5 Å². The van der Waals surface area contributed by atoms with E-state index in [0.29, 0.717) is 5.95 Å². The fraction of sp³-hybridized carbons (Fsp3) is 0.471. The van der Waals surface area contributed by atoms with E-state index in [1.165, 1.54) is 30.5 Å². The Labute approximate surface area is 135 Å². The molecule has 1 heterocycles. The van der Waals surface area contributed by atoms with Gasteiger partial charge in [0.2, 0.25) is 11.9 Å². The Morgan fingerprint density at radius 1 is 1.30 bits per heavy atom. The van der Waals surface area contributed by atoms with E-state index < -0.39 is 5.67 Å². The Hall–Kier alpha value is -2.24. The lowest BCUT2D eigenvalue weighted by molar-refractivity contribution is 0.206. The van der Waals surface area contributed by atoms with Crippen LogP contribution in [-0.4, -0.2) is 15.0 Å². The molecule has 0 saturated carbocycles. The molecule has 5 nitrogen and oxygen atoms in total. The average molecular weight is 315 g/mol. The molecule has 0 amide bonds. The molecule has 1 unspecified atom stereocenters. The van der Waals surface area contributed by atoms with E-state index in [1.54, 1.807) is 0 Å². The molecule has 3 rings (SSSR count). The number of nitrogens with zero attached hydrogens (tertiary/aromatic N) is 3. The highest BCUT2D eigenvalue weighted by molar-refractivity contribution is 5.43. The van der Waals surface area contributed by atoms with Crippen LogP contribution in [0.15, 0.2) is 18.2 Å². The Balaban J connectivity index is 1.89. The van der Waals surface area contributed by atoms with Crippen LogP contribution in [0.3, 0.4) is 0 Å². The standard InChI is InChI=1S/C17H22FN5/c1-4-10-5-6-11-7-8-13(12(11)9-10)20-16-22-14(17(2,3)18)21-15(19)23-16/h5-6,9,13H,4,7-8H2,1-3H3,(H3,19,20,21,22,23). The molecule has 0 saturated heterocycles. The van der Waals surface area contributed by atoms with Gasteiger partial charge in [0.25, 0.3) is 0 Å². The van der Waals surface area contributed by atoms with Crippen molar-refractivity contribution >= 4 is 11.9 Å². The zero-order valence-corrected chi connectivity index (χ0v) is 13.7. The number of aryl methyl sites for hydroxylation is 2. The number of nitrogens with one attached hydrogen (secondary N) is 1. The molecule has 0 aliphatic heterocycles. The summed E-state index contributed by atoms with van der Waals surface area (Å²) in [6.45, 7) is 4.95. The monoisotopic (exact) mass is 315 g/mol. The molecule has 1 aromatic carbocycles. The van der Waals surface area contributed by atoms with E-state index in [0.717, 1.165) is 19.3 Å². The van der Waals surface area contributed by atoms with E-state index in [9.17, 15) is 4.39 Å². The fourth-order valence-electron chi connectivity index (χ4n) is 2.90. The number of anilines is 2. The van der Waals surface area contributed by atoms with E-state index in [2.05, 4.69) is 45.4 Å². The summed E-state index contributed by atoms with van der Waals surface area (Å²) >= 11 is 0. The summed E-state index contributed by atoms with van der Waals surface area (Å²) in [7, 11) is 0. The van der Waals surface area contributed by atoms with Gasteiger partial charge in [-0.25, -0.2) is 4.39 Å². The number of nitrogens with two attached hydrogens (primary N) is 1. The summed E-state index contributed by atoms with van der Waals surface area (Å²) in [4.78, 5) is 12.2.